The fraction of sp³-hybridized carbons (Fsp3) is 0.526. The summed E-state index contributed by atoms with van der Waals surface area (Å²) < 4.78 is 1.75. The molecule has 0 unspecified atom stereocenters. The lowest BCUT2D eigenvalue weighted by Crippen LogP contribution is -2.37. The van der Waals surface area contributed by atoms with Crippen LogP contribution in [0.2, 0.25) is 0 Å². The van der Waals surface area contributed by atoms with Crippen LogP contribution in [0.5, 0.6) is 0 Å². The molecule has 1 aliphatic rings. The number of fused-ring (bicyclic) bond motifs is 1. The maximum Gasteiger partial charge on any atom is 0.262 e. The van der Waals surface area contributed by atoms with Crippen LogP contribution in [0.3, 0.4) is 0 Å². The van der Waals surface area contributed by atoms with Gasteiger partial charge in [-0.25, -0.2) is 4.98 Å². The zero-order valence-electron chi connectivity index (χ0n) is 14.9. The molecule has 2 heterocycles. The Kier molecular flexibility index (Phi) is 5.78. The summed E-state index contributed by atoms with van der Waals surface area (Å²) in [7, 11) is 0. The van der Waals surface area contributed by atoms with E-state index in [2.05, 4.69) is 11.9 Å². The van der Waals surface area contributed by atoms with Crippen molar-refractivity contribution in [1.29, 1.82) is 0 Å². The molecule has 1 aliphatic heterocycles. The van der Waals surface area contributed by atoms with Gasteiger partial charge in [0.2, 0.25) is 5.91 Å². The number of aromatic nitrogens is 2. The lowest BCUT2D eigenvalue weighted by Gasteiger charge is -2.26. The molecule has 1 aromatic heterocycles. The van der Waals surface area contributed by atoms with E-state index in [-0.39, 0.29) is 17.5 Å². The molecule has 3 rings (SSSR count). The number of thioether (sulfide) groups is 1. The fourth-order valence-electron chi connectivity index (χ4n) is 3.16. The van der Waals surface area contributed by atoms with Crippen LogP contribution in [0.15, 0.2) is 34.2 Å². The van der Waals surface area contributed by atoms with E-state index in [1.165, 1.54) is 18.2 Å². The molecule has 1 saturated heterocycles. The first-order valence-corrected chi connectivity index (χ1v) is 10.0. The highest BCUT2D eigenvalue weighted by Crippen LogP contribution is 2.23. The summed E-state index contributed by atoms with van der Waals surface area (Å²) in [5, 5.41) is 1.28. The molecule has 2 aromatic rings. The maximum absolute atomic E-state index is 12.9. The van der Waals surface area contributed by atoms with E-state index in [0.29, 0.717) is 21.8 Å². The summed E-state index contributed by atoms with van der Waals surface area (Å²) in [4.78, 5) is 32.0. The first-order chi connectivity index (χ1) is 12.1. The molecule has 6 heteroatoms. The Labute approximate surface area is 152 Å². The summed E-state index contributed by atoms with van der Waals surface area (Å²) in [5.74, 6) is 0.476. The Bertz CT molecular complexity index is 812. The fourth-order valence-corrected chi connectivity index (χ4v) is 4.16. The van der Waals surface area contributed by atoms with Crippen molar-refractivity contribution in [1.82, 2.24) is 14.5 Å². The Balaban J connectivity index is 1.88. The van der Waals surface area contributed by atoms with Crippen molar-refractivity contribution in [3.63, 3.8) is 0 Å². The summed E-state index contributed by atoms with van der Waals surface area (Å²) in [6.07, 6.45) is 4.22. The highest BCUT2D eigenvalue weighted by Gasteiger charge is 2.20. The molecule has 134 valence electrons. The van der Waals surface area contributed by atoms with Gasteiger partial charge in [0.05, 0.1) is 16.7 Å². The van der Waals surface area contributed by atoms with Crippen molar-refractivity contribution < 1.29 is 4.79 Å². The van der Waals surface area contributed by atoms with Gasteiger partial charge in [-0.05, 0) is 44.7 Å². The summed E-state index contributed by atoms with van der Waals surface area (Å²) >= 11 is 1.38. The third kappa shape index (κ3) is 3.89. The van der Waals surface area contributed by atoms with Crippen LogP contribution < -0.4 is 5.56 Å². The minimum atomic E-state index is -0.0205. The molecule has 0 N–H and O–H groups in total. The maximum atomic E-state index is 12.9. The van der Waals surface area contributed by atoms with E-state index in [9.17, 15) is 9.59 Å². The van der Waals surface area contributed by atoms with Gasteiger partial charge in [0.1, 0.15) is 0 Å². The number of nitrogens with zero attached hydrogens (tertiary/aromatic N) is 3. The average molecular weight is 359 g/mol. The zero-order chi connectivity index (χ0) is 17.8. The number of para-hydroxylation sites is 1. The standard InChI is InChI=1S/C19H25N3O2S/c1-3-14(2)22-18(24)15-9-5-6-10-16(15)20-19(22)25-13-17(23)21-11-7-4-8-12-21/h5-6,9-10,14H,3-4,7-8,11-13H2,1-2H3/t14-/m1/s1. The Morgan fingerprint density at radius 3 is 2.68 bits per heavy atom. The van der Waals surface area contributed by atoms with Gasteiger partial charge in [-0.15, -0.1) is 0 Å². The van der Waals surface area contributed by atoms with E-state index in [1.54, 1.807) is 4.57 Å². The number of piperidine rings is 1. The SMILES string of the molecule is CC[C@@H](C)n1c(SCC(=O)N2CCCCC2)nc2ccccc2c1=O. The molecule has 1 aromatic carbocycles. The van der Waals surface area contributed by atoms with Crippen molar-refractivity contribution >= 4 is 28.6 Å². The first kappa shape index (κ1) is 18.0. The number of amides is 1. The third-order valence-corrected chi connectivity index (χ3v) is 5.78. The average Bonchev–Trinajstić information content (AvgIpc) is 2.66. The molecule has 1 atom stereocenters. The van der Waals surface area contributed by atoms with Crippen LogP contribution >= 0.6 is 11.8 Å². The molecular weight excluding hydrogens is 334 g/mol. The predicted octanol–water partition coefficient (Wildman–Crippen LogP) is 3.47. The van der Waals surface area contributed by atoms with Crippen LogP contribution in [-0.4, -0.2) is 39.2 Å². The predicted molar refractivity (Wildman–Crippen MR) is 102 cm³/mol. The molecule has 1 amide bonds. The van der Waals surface area contributed by atoms with Gasteiger partial charge in [-0.2, -0.15) is 0 Å². The summed E-state index contributed by atoms with van der Waals surface area (Å²) in [6, 6.07) is 7.47. The molecule has 0 radical (unpaired) electrons. The largest absolute Gasteiger partial charge is 0.342 e. The molecule has 25 heavy (non-hydrogen) atoms. The highest BCUT2D eigenvalue weighted by molar-refractivity contribution is 7.99. The van der Waals surface area contributed by atoms with Crippen LogP contribution in [0, 0.1) is 0 Å². The van der Waals surface area contributed by atoms with E-state index in [0.717, 1.165) is 32.4 Å². The molecule has 5 nitrogen and oxygen atoms in total. The Morgan fingerprint density at radius 1 is 1.24 bits per heavy atom. The Morgan fingerprint density at radius 2 is 1.96 bits per heavy atom. The number of likely N-dealkylation sites (tertiary alicyclic amines) is 1. The number of carbonyl (C=O) groups is 1. The first-order valence-electron chi connectivity index (χ1n) is 9.03. The molecule has 0 saturated carbocycles. The zero-order valence-corrected chi connectivity index (χ0v) is 15.7. The van der Waals surface area contributed by atoms with Gasteiger partial charge in [0, 0.05) is 19.1 Å². The lowest BCUT2D eigenvalue weighted by atomic mass is 10.1. The summed E-state index contributed by atoms with van der Waals surface area (Å²) in [5.41, 5.74) is 0.674. The monoisotopic (exact) mass is 359 g/mol. The van der Waals surface area contributed by atoms with Crippen molar-refractivity contribution in [2.45, 2.75) is 50.7 Å². The van der Waals surface area contributed by atoms with Crippen LogP contribution in [-0.2, 0) is 4.79 Å². The second-order valence-corrected chi connectivity index (χ2v) is 7.52. The molecule has 1 fully saturated rings. The number of hydrogen-bond acceptors (Lipinski definition) is 4. The van der Waals surface area contributed by atoms with Gasteiger partial charge in [0.15, 0.2) is 5.16 Å². The van der Waals surface area contributed by atoms with Crippen LogP contribution in [0.4, 0.5) is 0 Å². The number of carbonyl (C=O) groups excluding carboxylic acids is 1. The molecule has 0 aliphatic carbocycles. The van der Waals surface area contributed by atoms with Gasteiger partial charge < -0.3 is 4.90 Å². The number of benzene rings is 1. The normalized spacial score (nSPS) is 16.2. The van der Waals surface area contributed by atoms with E-state index < -0.39 is 0 Å². The topological polar surface area (TPSA) is 55.2 Å². The second kappa shape index (κ2) is 8.04. The van der Waals surface area contributed by atoms with Gasteiger partial charge in [-0.1, -0.05) is 30.8 Å². The molecule has 0 bridgehead atoms. The van der Waals surface area contributed by atoms with Crippen LogP contribution in [0.25, 0.3) is 10.9 Å². The number of rotatable bonds is 5. The van der Waals surface area contributed by atoms with E-state index >= 15 is 0 Å². The lowest BCUT2D eigenvalue weighted by molar-refractivity contribution is -0.129. The smallest absolute Gasteiger partial charge is 0.262 e. The van der Waals surface area contributed by atoms with Crippen molar-refractivity contribution in [2.24, 2.45) is 0 Å². The quantitative estimate of drug-likeness (QED) is 0.606. The van der Waals surface area contributed by atoms with Gasteiger partial charge in [-0.3, -0.25) is 14.2 Å². The molecule has 0 spiro atoms. The van der Waals surface area contributed by atoms with Crippen molar-refractivity contribution in [2.75, 3.05) is 18.8 Å². The Hall–Kier alpha value is -1.82. The van der Waals surface area contributed by atoms with E-state index in [4.69, 9.17) is 0 Å². The van der Waals surface area contributed by atoms with Crippen LogP contribution in [0.1, 0.15) is 45.6 Å². The van der Waals surface area contributed by atoms with Crippen molar-refractivity contribution in [3.05, 3.63) is 34.6 Å². The minimum absolute atomic E-state index is 0.0205. The minimum Gasteiger partial charge on any atom is -0.342 e. The number of hydrogen-bond donors (Lipinski definition) is 0. The van der Waals surface area contributed by atoms with Gasteiger partial charge >= 0.3 is 0 Å². The summed E-state index contributed by atoms with van der Waals surface area (Å²) in [6.45, 7) is 5.78. The molecular formula is C19H25N3O2S. The van der Waals surface area contributed by atoms with Gasteiger partial charge in [0.25, 0.3) is 5.56 Å². The second-order valence-electron chi connectivity index (χ2n) is 6.57. The highest BCUT2D eigenvalue weighted by atomic mass is 32.2. The van der Waals surface area contributed by atoms with E-state index in [1.807, 2.05) is 36.1 Å². The third-order valence-electron chi connectivity index (χ3n) is 4.84. The van der Waals surface area contributed by atoms with Crippen molar-refractivity contribution in [3.8, 4) is 0 Å².